The molecule has 0 aromatic heterocycles. The molecule has 1 aromatic rings. The molecule has 1 fully saturated rings. The van der Waals surface area contributed by atoms with Crippen LogP contribution < -0.4 is 5.32 Å². The first kappa shape index (κ1) is 11.7. The smallest absolute Gasteiger partial charge is 0.00143 e. The maximum atomic E-state index is 3.56. The highest BCUT2D eigenvalue weighted by Gasteiger charge is 2.37. The molecule has 88 valence electrons. The molecule has 16 heavy (non-hydrogen) atoms. The van der Waals surface area contributed by atoms with Crippen LogP contribution in [0, 0.1) is 18.8 Å². The van der Waals surface area contributed by atoms with Crippen molar-refractivity contribution in [1.29, 1.82) is 0 Å². The predicted molar refractivity (Wildman–Crippen MR) is 69.7 cm³/mol. The summed E-state index contributed by atoms with van der Waals surface area (Å²) in [5.74, 6) is 2.46. The lowest BCUT2D eigenvalue weighted by molar-refractivity contribution is 0.532. The number of hydrogen-bond donors (Lipinski definition) is 1. The van der Waals surface area contributed by atoms with Crippen molar-refractivity contribution in [3.8, 4) is 0 Å². The zero-order chi connectivity index (χ0) is 11.5. The third kappa shape index (κ3) is 3.08. The summed E-state index contributed by atoms with van der Waals surface area (Å²) in [5.41, 5.74) is 2.89. The van der Waals surface area contributed by atoms with E-state index in [0.717, 1.165) is 24.3 Å². The first-order valence-electron chi connectivity index (χ1n) is 6.44. The largest absolute Gasteiger partial charge is 0.316 e. The van der Waals surface area contributed by atoms with Gasteiger partial charge in [-0.25, -0.2) is 0 Å². The summed E-state index contributed by atoms with van der Waals surface area (Å²) in [6, 6.07) is 9.05. The second-order valence-corrected chi connectivity index (χ2v) is 5.57. The molecule has 0 spiro atoms. The molecule has 1 nitrogen and oxygen atoms in total. The van der Waals surface area contributed by atoms with E-state index in [1.54, 1.807) is 0 Å². The highest BCUT2D eigenvalue weighted by Crippen LogP contribution is 2.46. The van der Waals surface area contributed by atoms with E-state index >= 15 is 0 Å². The lowest BCUT2D eigenvalue weighted by Crippen LogP contribution is -2.22. The van der Waals surface area contributed by atoms with Gasteiger partial charge in [0.25, 0.3) is 0 Å². The molecule has 2 rings (SSSR count). The fourth-order valence-electron chi connectivity index (χ4n) is 2.25. The quantitative estimate of drug-likeness (QED) is 0.797. The summed E-state index contributed by atoms with van der Waals surface area (Å²) in [5, 5.41) is 3.56. The summed E-state index contributed by atoms with van der Waals surface area (Å²) >= 11 is 0. The van der Waals surface area contributed by atoms with Gasteiger partial charge in [0.1, 0.15) is 0 Å². The summed E-state index contributed by atoms with van der Waals surface area (Å²) in [4.78, 5) is 0. The van der Waals surface area contributed by atoms with Gasteiger partial charge in [-0.3, -0.25) is 0 Å². The normalized spacial score (nSPS) is 23.8. The molecule has 2 atom stereocenters. The average Bonchev–Trinajstić information content (AvgIpc) is 2.98. The van der Waals surface area contributed by atoms with E-state index in [2.05, 4.69) is 50.4 Å². The lowest BCUT2D eigenvalue weighted by atomic mass is 10.1. The van der Waals surface area contributed by atoms with Crippen molar-refractivity contribution in [3.05, 3.63) is 35.4 Å². The Morgan fingerprint density at radius 3 is 2.56 bits per heavy atom. The Labute approximate surface area is 99.3 Å². The van der Waals surface area contributed by atoms with Gasteiger partial charge in [-0.2, -0.15) is 0 Å². The van der Waals surface area contributed by atoms with Gasteiger partial charge in [0.15, 0.2) is 0 Å². The van der Waals surface area contributed by atoms with Crippen LogP contribution in [0.15, 0.2) is 24.3 Å². The van der Waals surface area contributed by atoms with Crippen molar-refractivity contribution in [3.63, 3.8) is 0 Å². The van der Waals surface area contributed by atoms with E-state index < -0.39 is 0 Å². The zero-order valence-corrected chi connectivity index (χ0v) is 10.7. The topological polar surface area (TPSA) is 12.0 Å². The molecule has 0 bridgehead atoms. The lowest BCUT2D eigenvalue weighted by Gasteiger charge is -2.07. The molecule has 1 aliphatic rings. The zero-order valence-electron chi connectivity index (χ0n) is 10.7. The molecular formula is C15H23N. The second-order valence-electron chi connectivity index (χ2n) is 5.57. The van der Waals surface area contributed by atoms with Crippen molar-refractivity contribution in [1.82, 2.24) is 5.32 Å². The minimum absolute atomic E-state index is 0.761. The van der Waals surface area contributed by atoms with E-state index in [1.807, 2.05) is 0 Å². The molecule has 0 amide bonds. The van der Waals surface area contributed by atoms with Crippen LogP contribution in [-0.4, -0.2) is 13.1 Å². The fourth-order valence-corrected chi connectivity index (χ4v) is 2.25. The van der Waals surface area contributed by atoms with Crippen LogP contribution in [0.5, 0.6) is 0 Å². The van der Waals surface area contributed by atoms with Crippen LogP contribution in [0.4, 0.5) is 0 Å². The van der Waals surface area contributed by atoms with Crippen molar-refractivity contribution in [2.75, 3.05) is 13.1 Å². The van der Waals surface area contributed by atoms with Gasteiger partial charge in [0.05, 0.1) is 0 Å². The van der Waals surface area contributed by atoms with Crippen LogP contribution in [-0.2, 0) is 0 Å². The van der Waals surface area contributed by atoms with E-state index in [-0.39, 0.29) is 0 Å². The van der Waals surface area contributed by atoms with Gasteiger partial charge in [0, 0.05) is 0 Å². The van der Waals surface area contributed by atoms with E-state index in [0.29, 0.717) is 0 Å². The van der Waals surface area contributed by atoms with E-state index in [9.17, 15) is 0 Å². The second kappa shape index (κ2) is 5.01. The van der Waals surface area contributed by atoms with Gasteiger partial charge in [-0.15, -0.1) is 0 Å². The first-order chi connectivity index (χ1) is 7.66. The summed E-state index contributed by atoms with van der Waals surface area (Å²) in [6.45, 7) is 9.01. The number of hydrogen-bond acceptors (Lipinski definition) is 1. The van der Waals surface area contributed by atoms with Gasteiger partial charge >= 0.3 is 0 Å². The molecule has 0 saturated heterocycles. The Morgan fingerprint density at radius 2 is 1.94 bits per heavy atom. The van der Waals surface area contributed by atoms with Crippen molar-refractivity contribution in [2.45, 2.75) is 33.1 Å². The molecule has 1 N–H and O–H groups in total. The maximum absolute atomic E-state index is 3.56. The van der Waals surface area contributed by atoms with Gasteiger partial charge in [0.2, 0.25) is 0 Å². The maximum Gasteiger partial charge on any atom is -0.00143 e. The Morgan fingerprint density at radius 1 is 1.25 bits per heavy atom. The Balaban J connectivity index is 1.76. The summed E-state index contributed by atoms with van der Waals surface area (Å²) in [6.07, 6.45) is 1.37. The summed E-state index contributed by atoms with van der Waals surface area (Å²) < 4.78 is 0. The molecule has 0 aliphatic heterocycles. The molecule has 1 aromatic carbocycles. The standard InChI is InChI=1S/C15H23N/c1-11(2)9-16-10-14-8-15(14)13-6-4-12(3)5-7-13/h4-7,11,14-16H,8-10H2,1-3H3. The monoisotopic (exact) mass is 217 g/mol. The van der Waals surface area contributed by atoms with Crippen molar-refractivity contribution >= 4 is 0 Å². The fraction of sp³-hybridized carbons (Fsp3) is 0.600. The SMILES string of the molecule is Cc1ccc(C2CC2CNCC(C)C)cc1. The van der Waals surface area contributed by atoms with Gasteiger partial charge < -0.3 is 5.32 Å². The average molecular weight is 217 g/mol. The van der Waals surface area contributed by atoms with E-state index in [4.69, 9.17) is 0 Å². The van der Waals surface area contributed by atoms with Gasteiger partial charge in [-0.1, -0.05) is 43.7 Å². The van der Waals surface area contributed by atoms with Crippen molar-refractivity contribution in [2.24, 2.45) is 11.8 Å². The van der Waals surface area contributed by atoms with E-state index in [1.165, 1.54) is 24.1 Å². The molecule has 1 aliphatic carbocycles. The predicted octanol–water partition coefficient (Wildman–Crippen LogP) is 3.34. The Bertz CT molecular complexity index is 326. The third-order valence-electron chi connectivity index (χ3n) is 3.39. The van der Waals surface area contributed by atoms with Crippen LogP contribution in [0.1, 0.15) is 37.3 Å². The molecule has 0 radical (unpaired) electrons. The van der Waals surface area contributed by atoms with Crippen LogP contribution in [0.3, 0.4) is 0 Å². The van der Waals surface area contributed by atoms with Crippen LogP contribution in [0.25, 0.3) is 0 Å². The first-order valence-corrected chi connectivity index (χ1v) is 6.44. The minimum atomic E-state index is 0.761. The number of benzene rings is 1. The van der Waals surface area contributed by atoms with Crippen molar-refractivity contribution < 1.29 is 0 Å². The number of rotatable bonds is 5. The summed E-state index contributed by atoms with van der Waals surface area (Å²) in [7, 11) is 0. The third-order valence-corrected chi connectivity index (χ3v) is 3.39. The molecule has 1 heteroatoms. The van der Waals surface area contributed by atoms with Gasteiger partial charge in [-0.05, 0) is 49.8 Å². The molecule has 1 saturated carbocycles. The Kier molecular flexibility index (Phi) is 3.65. The molecule has 0 heterocycles. The number of nitrogens with one attached hydrogen (secondary N) is 1. The highest BCUT2D eigenvalue weighted by molar-refractivity contribution is 5.29. The Hall–Kier alpha value is -0.820. The van der Waals surface area contributed by atoms with Crippen LogP contribution in [0.2, 0.25) is 0 Å². The van der Waals surface area contributed by atoms with Crippen LogP contribution >= 0.6 is 0 Å². The highest BCUT2D eigenvalue weighted by atomic mass is 14.9. The minimum Gasteiger partial charge on any atom is -0.316 e. The number of aryl methyl sites for hydroxylation is 1. The molecule has 2 unspecified atom stereocenters. The molecular weight excluding hydrogens is 194 g/mol.